The molecular weight excluding hydrogens is 498 g/mol. The number of benzene rings is 2. The van der Waals surface area contributed by atoms with Crippen molar-refractivity contribution in [3.05, 3.63) is 62.8 Å². The van der Waals surface area contributed by atoms with Crippen molar-refractivity contribution < 1.29 is 38.4 Å². The first-order valence-corrected chi connectivity index (χ1v) is 12.6. The van der Waals surface area contributed by atoms with E-state index in [1.54, 1.807) is 18.2 Å². The van der Waals surface area contributed by atoms with Gasteiger partial charge in [-0.1, -0.05) is 0 Å². The van der Waals surface area contributed by atoms with E-state index in [4.69, 9.17) is 23.7 Å². The van der Waals surface area contributed by atoms with E-state index in [-0.39, 0.29) is 48.4 Å². The number of amides is 1. The molecule has 1 saturated heterocycles. The van der Waals surface area contributed by atoms with Crippen molar-refractivity contribution in [2.45, 2.75) is 18.9 Å². The average Bonchev–Trinajstić information content (AvgIpc) is 3.63. The first-order valence-electron chi connectivity index (χ1n) is 11.8. The van der Waals surface area contributed by atoms with E-state index in [1.165, 1.54) is 25.6 Å². The summed E-state index contributed by atoms with van der Waals surface area (Å²) in [4.78, 5) is 28.1. The summed E-state index contributed by atoms with van der Waals surface area (Å²) in [5.74, 6) is -0.498. The molecule has 1 aromatic heterocycles. The van der Waals surface area contributed by atoms with E-state index in [2.05, 4.69) is 5.32 Å². The second-order valence-electron chi connectivity index (χ2n) is 9.27. The molecule has 2 aliphatic heterocycles. The van der Waals surface area contributed by atoms with Crippen LogP contribution in [0.1, 0.15) is 43.2 Å². The van der Waals surface area contributed by atoms with E-state index < -0.39 is 17.9 Å². The van der Waals surface area contributed by atoms with Crippen molar-refractivity contribution in [3.8, 4) is 28.7 Å². The summed E-state index contributed by atoms with van der Waals surface area (Å²) < 4.78 is 27.7. The topological polar surface area (TPSA) is 113 Å². The highest BCUT2D eigenvalue weighted by molar-refractivity contribution is 7.13. The lowest BCUT2D eigenvalue weighted by Crippen LogP contribution is -2.42. The Morgan fingerprint density at radius 3 is 2.32 bits per heavy atom. The van der Waals surface area contributed by atoms with Gasteiger partial charge in [-0.3, -0.25) is 9.59 Å². The monoisotopic (exact) mass is 523 g/mol. The third-order valence-corrected chi connectivity index (χ3v) is 8.30. The molecule has 4 atom stereocenters. The molecule has 3 aromatic rings. The number of esters is 1. The van der Waals surface area contributed by atoms with E-state index in [0.29, 0.717) is 21.9 Å². The third kappa shape index (κ3) is 3.74. The Labute approximate surface area is 216 Å². The summed E-state index contributed by atoms with van der Waals surface area (Å²) in [6, 6.07) is 10.4. The van der Waals surface area contributed by atoms with Crippen LogP contribution >= 0.6 is 11.3 Å². The molecule has 10 heteroatoms. The fraction of sp³-hybridized carbons (Fsp3) is 0.333. The molecule has 2 unspecified atom stereocenters. The van der Waals surface area contributed by atoms with Crippen molar-refractivity contribution in [3.63, 3.8) is 0 Å². The SMILES string of the molecule is COc1cc([C@@H]2c3cc4c(cc3C(NC(=O)c3ccc(C)s3)C3COC(=O)[C@@H]32)OCO4)cc(OC)c1O. The van der Waals surface area contributed by atoms with Crippen LogP contribution in [0, 0.1) is 18.8 Å². The lowest BCUT2D eigenvalue weighted by molar-refractivity contribution is -0.141. The van der Waals surface area contributed by atoms with Crippen LogP contribution in [0.3, 0.4) is 0 Å². The van der Waals surface area contributed by atoms with Gasteiger partial charge in [0.1, 0.15) is 0 Å². The van der Waals surface area contributed by atoms with Gasteiger partial charge in [-0.05, 0) is 60.0 Å². The molecule has 2 aromatic carbocycles. The van der Waals surface area contributed by atoms with Gasteiger partial charge in [0.25, 0.3) is 5.91 Å². The summed E-state index contributed by atoms with van der Waals surface area (Å²) >= 11 is 1.41. The lowest BCUT2D eigenvalue weighted by Gasteiger charge is -2.39. The highest BCUT2D eigenvalue weighted by Gasteiger charge is 2.53. The Balaban J connectivity index is 1.52. The number of aromatic hydroxyl groups is 1. The minimum absolute atomic E-state index is 0.0874. The predicted molar refractivity (Wildman–Crippen MR) is 133 cm³/mol. The van der Waals surface area contributed by atoms with Crippen LogP contribution < -0.4 is 24.3 Å². The zero-order chi connectivity index (χ0) is 25.8. The van der Waals surface area contributed by atoms with E-state index in [1.807, 2.05) is 25.1 Å². The summed E-state index contributed by atoms with van der Waals surface area (Å²) in [6.45, 7) is 2.20. The first kappa shape index (κ1) is 23.5. The summed E-state index contributed by atoms with van der Waals surface area (Å²) in [5, 5.41) is 13.7. The average molecular weight is 524 g/mol. The molecule has 0 radical (unpaired) electrons. The fourth-order valence-corrected chi connectivity index (χ4v) is 6.38. The van der Waals surface area contributed by atoms with Gasteiger partial charge in [-0.2, -0.15) is 0 Å². The number of carbonyl (C=O) groups excluding carboxylic acids is 2. The van der Waals surface area contributed by atoms with Crippen LogP contribution in [0.15, 0.2) is 36.4 Å². The highest BCUT2D eigenvalue weighted by Crippen LogP contribution is 2.55. The Kier molecular flexibility index (Phi) is 5.63. The molecule has 0 spiro atoms. The van der Waals surface area contributed by atoms with Gasteiger partial charge in [0.15, 0.2) is 23.0 Å². The van der Waals surface area contributed by atoms with Crippen LogP contribution in [0.4, 0.5) is 0 Å². The van der Waals surface area contributed by atoms with Gasteiger partial charge in [-0.25, -0.2) is 0 Å². The van der Waals surface area contributed by atoms with E-state index in [9.17, 15) is 14.7 Å². The number of phenols is 1. The molecule has 0 bridgehead atoms. The maximum absolute atomic E-state index is 13.3. The minimum atomic E-state index is -0.595. The van der Waals surface area contributed by atoms with Gasteiger partial charge >= 0.3 is 5.97 Å². The number of thiophene rings is 1. The minimum Gasteiger partial charge on any atom is -0.502 e. The zero-order valence-electron chi connectivity index (χ0n) is 20.4. The highest BCUT2D eigenvalue weighted by atomic mass is 32.1. The standard InChI is InChI=1S/C27H25NO8S/c1-12-4-5-21(37-12)26(30)28-24-15-9-18-17(35-11-36-18)8-14(15)22(23-16(24)10-34-27(23)31)13-6-19(32-2)25(29)20(7-13)33-3/h4-9,16,22-24,29H,10-11H2,1-3H3,(H,28,30)/t16?,22-,23+,24?/m1/s1. The number of nitrogens with one attached hydrogen (secondary N) is 1. The Hall–Kier alpha value is -3.92. The quantitative estimate of drug-likeness (QED) is 0.484. The molecule has 3 aliphatic rings. The number of ether oxygens (including phenoxy) is 5. The second kappa shape index (κ2) is 8.88. The summed E-state index contributed by atoms with van der Waals surface area (Å²) in [5.41, 5.74) is 2.33. The van der Waals surface area contributed by atoms with Crippen molar-refractivity contribution in [1.29, 1.82) is 0 Å². The van der Waals surface area contributed by atoms with Gasteiger partial charge in [0, 0.05) is 16.7 Å². The Bertz CT molecular complexity index is 1390. The van der Waals surface area contributed by atoms with Gasteiger partial charge in [0.2, 0.25) is 12.5 Å². The predicted octanol–water partition coefficient (Wildman–Crippen LogP) is 3.91. The molecule has 1 aliphatic carbocycles. The van der Waals surface area contributed by atoms with Gasteiger partial charge < -0.3 is 34.1 Å². The largest absolute Gasteiger partial charge is 0.502 e. The van der Waals surface area contributed by atoms with Crippen LogP contribution in [0.25, 0.3) is 0 Å². The molecule has 9 nitrogen and oxygen atoms in total. The van der Waals surface area contributed by atoms with E-state index >= 15 is 0 Å². The molecule has 37 heavy (non-hydrogen) atoms. The van der Waals surface area contributed by atoms with Crippen molar-refractivity contribution in [1.82, 2.24) is 5.32 Å². The van der Waals surface area contributed by atoms with Crippen LogP contribution in [0.5, 0.6) is 28.7 Å². The van der Waals surface area contributed by atoms with Crippen LogP contribution in [0.2, 0.25) is 0 Å². The molecule has 192 valence electrons. The Morgan fingerprint density at radius 1 is 1.03 bits per heavy atom. The molecular formula is C27H25NO8S. The first-order chi connectivity index (χ1) is 17.9. The number of fused-ring (bicyclic) bond motifs is 3. The summed E-state index contributed by atoms with van der Waals surface area (Å²) in [7, 11) is 2.91. The maximum atomic E-state index is 13.3. The molecule has 2 N–H and O–H groups in total. The molecule has 1 amide bonds. The van der Waals surface area contributed by atoms with Gasteiger partial charge in [0.05, 0.1) is 37.7 Å². The zero-order valence-corrected chi connectivity index (χ0v) is 21.2. The number of phenolic OH excluding ortho intramolecular Hbond substituents is 1. The van der Waals surface area contributed by atoms with Crippen molar-refractivity contribution >= 4 is 23.2 Å². The summed E-state index contributed by atoms with van der Waals surface area (Å²) in [6.07, 6.45) is 0. The fourth-order valence-electron chi connectivity index (χ4n) is 5.61. The third-order valence-electron chi connectivity index (χ3n) is 7.30. The molecule has 1 fully saturated rings. The smallest absolute Gasteiger partial charge is 0.310 e. The number of hydrogen-bond acceptors (Lipinski definition) is 9. The number of aryl methyl sites for hydroxylation is 1. The number of hydrogen-bond donors (Lipinski definition) is 2. The number of cyclic esters (lactones) is 1. The Morgan fingerprint density at radius 2 is 1.70 bits per heavy atom. The maximum Gasteiger partial charge on any atom is 0.310 e. The second-order valence-corrected chi connectivity index (χ2v) is 10.6. The molecule has 3 heterocycles. The van der Waals surface area contributed by atoms with Crippen LogP contribution in [-0.2, 0) is 9.53 Å². The number of carbonyl (C=O) groups is 2. The normalized spacial score (nSPS) is 23.2. The molecule has 0 saturated carbocycles. The molecule has 6 rings (SSSR count). The van der Waals surface area contributed by atoms with Gasteiger partial charge in [-0.15, -0.1) is 11.3 Å². The van der Waals surface area contributed by atoms with E-state index in [0.717, 1.165) is 16.0 Å². The number of rotatable bonds is 5. The number of methoxy groups -OCH3 is 2. The van der Waals surface area contributed by atoms with Crippen molar-refractivity contribution in [2.75, 3.05) is 27.6 Å². The van der Waals surface area contributed by atoms with Crippen LogP contribution in [-0.4, -0.2) is 44.6 Å². The van der Waals surface area contributed by atoms with Crippen molar-refractivity contribution in [2.24, 2.45) is 11.8 Å². The lowest BCUT2D eigenvalue weighted by atomic mass is 9.65.